The van der Waals surface area contributed by atoms with Crippen LogP contribution < -0.4 is 5.73 Å². The minimum Gasteiger partial charge on any atom is -0.395 e. The molecule has 0 bridgehead atoms. The summed E-state index contributed by atoms with van der Waals surface area (Å²) in [4.78, 5) is 2.20. The van der Waals surface area contributed by atoms with E-state index >= 15 is 0 Å². The molecule has 19 heavy (non-hydrogen) atoms. The standard InChI is InChI=1S/C14H21ClN2O2/c1-10(16)14(12-4-2-3-5-13(12)15)17-6-7-19-9-11(17)8-18/h2-5,10-11,14,18H,6-9,16H2,1H3. The Hall–Kier alpha value is -0.650. The van der Waals surface area contributed by atoms with Gasteiger partial charge in [-0.2, -0.15) is 0 Å². The molecule has 0 radical (unpaired) electrons. The van der Waals surface area contributed by atoms with Gasteiger partial charge in [-0.25, -0.2) is 0 Å². The number of nitrogens with two attached hydrogens (primary N) is 1. The number of hydrogen-bond donors (Lipinski definition) is 2. The summed E-state index contributed by atoms with van der Waals surface area (Å²) in [5, 5.41) is 10.2. The fourth-order valence-electron chi connectivity index (χ4n) is 2.67. The van der Waals surface area contributed by atoms with Crippen LogP contribution in [-0.4, -0.2) is 48.5 Å². The molecule has 0 saturated carbocycles. The molecular weight excluding hydrogens is 264 g/mol. The van der Waals surface area contributed by atoms with Gasteiger partial charge in [0.2, 0.25) is 0 Å². The summed E-state index contributed by atoms with van der Waals surface area (Å²) in [5.41, 5.74) is 7.18. The quantitative estimate of drug-likeness (QED) is 0.878. The molecule has 0 amide bonds. The van der Waals surface area contributed by atoms with Gasteiger partial charge in [-0.15, -0.1) is 0 Å². The van der Waals surface area contributed by atoms with Crippen LogP contribution in [0.25, 0.3) is 0 Å². The number of nitrogens with zero attached hydrogens (tertiary/aromatic N) is 1. The lowest BCUT2D eigenvalue weighted by Gasteiger charge is -2.42. The molecule has 1 aromatic rings. The van der Waals surface area contributed by atoms with Crippen LogP contribution in [0.2, 0.25) is 5.02 Å². The van der Waals surface area contributed by atoms with Crippen molar-refractivity contribution >= 4 is 11.6 Å². The largest absolute Gasteiger partial charge is 0.395 e. The number of benzene rings is 1. The maximum Gasteiger partial charge on any atom is 0.0645 e. The van der Waals surface area contributed by atoms with Crippen molar-refractivity contribution in [2.24, 2.45) is 5.73 Å². The zero-order valence-electron chi connectivity index (χ0n) is 11.1. The van der Waals surface area contributed by atoms with Crippen molar-refractivity contribution in [1.29, 1.82) is 0 Å². The van der Waals surface area contributed by atoms with Crippen LogP contribution in [-0.2, 0) is 4.74 Å². The first kappa shape index (κ1) is 14.8. The molecule has 2 rings (SSSR count). The number of morpholine rings is 1. The second-order valence-corrected chi connectivity index (χ2v) is 5.38. The van der Waals surface area contributed by atoms with Gasteiger partial charge < -0.3 is 15.6 Å². The van der Waals surface area contributed by atoms with E-state index in [4.69, 9.17) is 22.1 Å². The van der Waals surface area contributed by atoms with E-state index in [0.29, 0.717) is 18.2 Å². The normalized spacial score (nSPS) is 24.1. The first-order valence-corrected chi connectivity index (χ1v) is 6.97. The van der Waals surface area contributed by atoms with Gasteiger partial charge in [0, 0.05) is 17.6 Å². The first-order chi connectivity index (χ1) is 9.15. The highest BCUT2D eigenvalue weighted by Gasteiger charge is 2.33. The van der Waals surface area contributed by atoms with E-state index in [2.05, 4.69) is 4.90 Å². The average molecular weight is 285 g/mol. The molecule has 1 aromatic carbocycles. The molecule has 0 spiro atoms. The van der Waals surface area contributed by atoms with Gasteiger partial charge in [0.25, 0.3) is 0 Å². The van der Waals surface area contributed by atoms with Crippen molar-refractivity contribution in [3.8, 4) is 0 Å². The number of aliphatic hydroxyl groups is 1. The molecule has 1 aliphatic rings. The Morgan fingerprint density at radius 1 is 1.53 bits per heavy atom. The van der Waals surface area contributed by atoms with Crippen molar-refractivity contribution < 1.29 is 9.84 Å². The van der Waals surface area contributed by atoms with Crippen LogP contribution in [0.4, 0.5) is 0 Å². The van der Waals surface area contributed by atoms with Crippen LogP contribution >= 0.6 is 11.6 Å². The van der Waals surface area contributed by atoms with Crippen molar-refractivity contribution in [2.75, 3.05) is 26.4 Å². The van der Waals surface area contributed by atoms with Crippen LogP contribution in [0, 0.1) is 0 Å². The van der Waals surface area contributed by atoms with E-state index in [1.807, 2.05) is 31.2 Å². The highest BCUT2D eigenvalue weighted by molar-refractivity contribution is 6.31. The van der Waals surface area contributed by atoms with Gasteiger partial charge in [-0.05, 0) is 18.6 Å². The predicted molar refractivity (Wildman–Crippen MR) is 76.2 cm³/mol. The molecule has 1 aliphatic heterocycles. The summed E-state index contributed by atoms with van der Waals surface area (Å²) in [6.07, 6.45) is 0. The van der Waals surface area contributed by atoms with Crippen molar-refractivity contribution in [2.45, 2.75) is 25.0 Å². The zero-order chi connectivity index (χ0) is 13.8. The van der Waals surface area contributed by atoms with Crippen LogP contribution in [0.15, 0.2) is 24.3 Å². The minimum atomic E-state index is -0.0768. The average Bonchev–Trinajstić information content (AvgIpc) is 2.41. The maximum absolute atomic E-state index is 9.51. The summed E-state index contributed by atoms with van der Waals surface area (Å²) in [5.74, 6) is 0. The summed E-state index contributed by atoms with van der Waals surface area (Å²) in [6, 6.07) is 7.64. The van der Waals surface area contributed by atoms with E-state index in [0.717, 1.165) is 12.1 Å². The van der Waals surface area contributed by atoms with Crippen LogP contribution in [0.1, 0.15) is 18.5 Å². The monoisotopic (exact) mass is 284 g/mol. The van der Waals surface area contributed by atoms with E-state index < -0.39 is 0 Å². The lowest BCUT2D eigenvalue weighted by molar-refractivity contribution is -0.0515. The molecule has 4 nitrogen and oxygen atoms in total. The molecule has 3 N–H and O–H groups in total. The third-order valence-corrected chi connectivity index (χ3v) is 3.91. The molecule has 3 atom stereocenters. The van der Waals surface area contributed by atoms with Gasteiger partial charge >= 0.3 is 0 Å². The molecule has 1 heterocycles. The van der Waals surface area contributed by atoms with Gasteiger partial charge in [-0.3, -0.25) is 4.90 Å². The summed E-state index contributed by atoms with van der Waals surface area (Å²) in [6.45, 7) is 3.97. The zero-order valence-corrected chi connectivity index (χ0v) is 11.9. The summed E-state index contributed by atoms with van der Waals surface area (Å²) in [7, 11) is 0. The molecule has 5 heteroatoms. The Labute approximate surface area is 119 Å². The first-order valence-electron chi connectivity index (χ1n) is 6.59. The van der Waals surface area contributed by atoms with Crippen molar-refractivity contribution in [3.63, 3.8) is 0 Å². The summed E-state index contributed by atoms with van der Waals surface area (Å²) >= 11 is 6.30. The minimum absolute atomic E-state index is 0.00486. The molecule has 1 fully saturated rings. The lowest BCUT2D eigenvalue weighted by atomic mass is 9.97. The van der Waals surface area contributed by atoms with Gasteiger partial charge in [0.15, 0.2) is 0 Å². The molecule has 106 valence electrons. The predicted octanol–water partition coefficient (Wildman–Crippen LogP) is 1.42. The van der Waals surface area contributed by atoms with Crippen LogP contribution in [0.5, 0.6) is 0 Å². The van der Waals surface area contributed by atoms with E-state index in [-0.39, 0.29) is 24.7 Å². The van der Waals surface area contributed by atoms with Gasteiger partial charge in [-0.1, -0.05) is 29.8 Å². The fraction of sp³-hybridized carbons (Fsp3) is 0.571. The Kier molecular flexibility index (Phi) is 5.19. The number of halogens is 1. The van der Waals surface area contributed by atoms with Gasteiger partial charge in [0.1, 0.15) is 0 Å². The topological polar surface area (TPSA) is 58.7 Å². The Morgan fingerprint density at radius 2 is 2.26 bits per heavy atom. The number of ether oxygens (including phenoxy) is 1. The highest BCUT2D eigenvalue weighted by Crippen LogP contribution is 2.31. The van der Waals surface area contributed by atoms with Gasteiger partial charge in [0.05, 0.1) is 31.9 Å². The van der Waals surface area contributed by atoms with Crippen molar-refractivity contribution in [3.05, 3.63) is 34.9 Å². The Morgan fingerprint density at radius 3 is 2.89 bits per heavy atom. The third kappa shape index (κ3) is 3.27. The smallest absolute Gasteiger partial charge is 0.0645 e. The number of rotatable bonds is 4. The second-order valence-electron chi connectivity index (χ2n) is 4.97. The molecule has 1 saturated heterocycles. The van der Waals surface area contributed by atoms with E-state index in [1.165, 1.54) is 0 Å². The molecule has 3 unspecified atom stereocenters. The molecule has 0 aliphatic carbocycles. The van der Waals surface area contributed by atoms with Crippen molar-refractivity contribution in [1.82, 2.24) is 4.90 Å². The van der Waals surface area contributed by atoms with Crippen LogP contribution in [0.3, 0.4) is 0 Å². The number of aliphatic hydroxyl groups excluding tert-OH is 1. The Bertz CT molecular complexity index is 414. The van der Waals surface area contributed by atoms with E-state index in [9.17, 15) is 5.11 Å². The molecular formula is C14H21ClN2O2. The SMILES string of the molecule is CC(N)C(c1ccccc1Cl)N1CCOCC1CO. The summed E-state index contributed by atoms with van der Waals surface area (Å²) < 4.78 is 5.42. The highest BCUT2D eigenvalue weighted by atomic mass is 35.5. The third-order valence-electron chi connectivity index (χ3n) is 3.56. The second kappa shape index (κ2) is 6.68. The number of hydrogen-bond acceptors (Lipinski definition) is 4. The Balaban J connectivity index is 2.32. The molecule has 0 aromatic heterocycles. The fourth-order valence-corrected chi connectivity index (χ4v) is 2.92. The maximum atomic E-state index is 9.51. The lowest BCUT2D eigenvalue weighted by Crippen LogP contribution is -2.52. The van der Waals surface area contributed by atoms with E-state index in [1.54, 1.807) is 0 Å².